The Morgan fingerprint density at radius 3 is 3.08 bits per heavy atom. The highest BCUT2D eigenvalue weighted by atomic mass is 14.9. The first-order valence-electron chi connectivity index (χ1n) is 4.62. The fourth-order valence-electron chi connectivity index (χ4n) is 1.12. The van der Waals surface area contributed by atoms with Crippen LogP contribution in [0.1, 0.15) is 25.6 Å². The van der Waals surface area contributed by atoms with Crippen molar-refractivity contribution in [2.45, 2.75) is 26.2 Å². The summed E-state index contributed by atoms with van der Waals surface area (Å²) in [6.45, 7) is 4.40. The van der Waals surface area contributed by atoms with Crippen LogP contribution in [-0.2, 0) is 6.42 Å². The minimum Gasteiger partial charge on any atom is -0.349 e. The molecule has 0 radical (unpaired) electrons. The Morgan fingerprint density at radius 1 is 1.50 bits per heavy atom. The summed E-state index contributed by atoms with van der Waals surface area (Å²) >= 11 is 0. The zero-order chi connectivity index (χ0) is 8.65. The summed E-state index contributed by atoms with van der Waals surface area (Å²) in [6, 6.07) is 0. The molecule has 3 nitrogen and oxygen atoms in total. The van der Waals surface area contributed by atoms with Crippen LogP contribution in [0.2, 0.25) is 0 Å². The lowest BCUT2D eigenvalue weighted by molar-refractivity contribution is 0.633. The highest BCUT2D eigenvalue weighted by Gasteiger charge is 1.92. The van der Waals surface area contributed by atoms with E-state index < -0.39 is 0 Å². The fraction of sp³-hybridized carbons (Fsp3) is 0.667. The number of imidazole rings is 1. The number of aromatic amines is 1. The van der Waals surface area contributed by atoms with Gasteiger partial charge in [-0.15, -0.1) is 0 Å². The zero-order valence-corrected chi connectivity index (χ0v) is 7.64. The smallest absolute Gasteiger partial charge is 0.106 e. The lowest BCUT2D eigenvalue weighted by Crippen LogP contribution is -2.16. The Bertz CT molecular complexity index is 182. The number of rotatable bonds is 6. The van der Waals surface area contributed by atoms with E-state index in [0.717, 1.165) is 31.8 Å². The van der Waals surface area contributed by atoms with E-state index in [1.54, 1.807) is 6.20 Å². The van der Waals surface area contributed by atoms with Crippen molar-refractivity contribution in [1.82, 2.24) is 15.3 Å². The molecule has 0 aliphatic rings. The van der Waals surface area contributed by atoms with Gasteiger partial charge >= 0.3 is 0 Å². The van der Waals surface area contributed by atoms with E-state index >= 15 is 0 Å². The molecule has 0 aromatic carbocycles. The molecule has 3 heteroatoms. The van der Waals surface area contributed by atoms with Gasteiger partial charge in [0.1, 0.15) is 5.82 Å². The van der Waals surface area contributed by atoms with Crippen LogP contribution in [0.15, 0.2) is 12.4 Å². The Hall–Kier alpha value is -0.830. The molecule has 0 saturated carbocycles. The quantitative estimate of drug-likeness (QED) is 0.628. The number of hydrogen-bond acceptors (Lipinski definition) is 2. The maximum absolute atomic E-state index is 4.15. The third kappa shape index (κ3) is 3.53. The summed E-state index contributed by atoms with van der Waals surface area (Å²) in [5.74, 6) is 1.09. The van der Waals surface area contributed by atoms with Crippen molar-refractivity contribution in [1.29, 1.82) is 0 Å². The van der Waals surface area contributed by atoms with Gasteiger partial charge in [0.25, 0.3) is 0 Å². The molecule has 1 aromatic heterocycles. The number of aromatic nitrogens is 2. The first-order valence-corrected chi connectivity index (χ1v) is 4.62. The largest absolute Gasteiger partial charge is 0.349 e. The number of nitrogens with one attached hydrogen (secondary N) is 2. The van der Waals surface area contributed by atoms with Gasteiger partial charge in [0.05, 0.1) is 0 Å². The maximum atomic E-state index is 4.15. The summed E-state index contributed by atoms with van der Waals surface area (Å²) < 4.78 is 0. The van der Waals surface area contributed by atoms with Crippen molar-refractivity contribution < 1.29 is 0 Å². The molecular weight excluding hydrogens is 150 g/mol. The molecule has 0 aliphatic carbocycles. The molecule has 68 valence electrons. The lowest BCUT2D eigenvalue weighted by Gasteiger charge is -2.00. The van der Waals surface area contributed by atoms with Gasteiger partial charge in [-0.25, -0.2) is 4.98 Å². The first-order chi connectivity index (χ1) is 5.93. The van der Waals surface area contributed by atoms with E-state index in [9.17, 15) is 0 Å². The molecule has 0 fully saturated rings. The molecule has 1 aromatic rings. The third-order valence-electron chi connectivity index (χ3n) is 1.75. The van der Waals surface area contributed by atoms with Crippen molar-refractivity contribution in [3.05, 3.63) is 18.2 Å². The van der Waals surface area contributed by atoms with E-state index in [4.69, 9.17) is 0 Å². The average molecular weight is 167 g/mol. The summed E-state index contributed by atoms with van der Waals surface area (Å²) in [6.07, 6.45) is 7.08. The van der Waals surface area contributed by atoms with Crippen molar-refractivity contribution >= 4 is 0 Å². The Balaban J connectivity index is 1.96. The summed E-state index contributed by atoms with van der Waals surface area (Å²) in [4.78, 5) is 7.24. The molecule has 0 atom stereocenters. The highest BCUT2D eigenvalue weighted by Crippen LogP contribution is 1.92. The first kappa shape index (κ1) is 9.26. The standard InChI is InChI=1S/C9H17N3/c1-2-5-10-6-3-4-9-11-7-8-12-9/h7-8,10H,2-6H2,1H3,(H,11,12). The minimum atomic E-state index is 1.05. The van der Waals surface area contributed by atoms with Gasteiger partial charge in [0, 0.05) is 18.8 Å². The van der Waals surface area contributed by atoms with Gasteiger partial charge < -0.3 is 10.3 Å². The average Bonchev–Trinajstić information content (AvgIpc) is 2.57. The zero-order valence-electron chi connectivity index (χ0n) is 7.64. The SMILES string of the molecule is CCCNCCCc1ncc[nH]1. The van der Waals surface area contributed by atoms with Crippen LogP contribution >= 0.6 is 0 Å². The van der Waals surface area contributed by atoms with Crippen LogP contribution in [0, 0.1) is 0 Å². The molecule has 0 unspecified atom stereocenters. The predicted molar refractivity (Wildman–Crippen MR) is 50.1 cm³/mol. The number of aryl methyl sites for hydroxylation is 1. The number of nitrogens with zero attached hydrogens (tertiary/aromatic N) is 1. The van der Waals surface area contributed by atoms with Crippen LogP contribution < -0.4 is 5.32 Å². The van der Waals surface area contributed by atoms with Crippen molar-refractivity contribution in [2.24, 2.45) is 0 Å². The van der Waals surface area contributed by atoms with Gasteiger partial charge in [-0.3, -0.25) is 0 Å². The van der Waals surface area contributed by atoms with Crippen molar-refractivity contribution in [3.63, 3.8) is 0 Å². The minimum absolute atomic E-state index is 1.05. The molecule has 2 N–H and O–H groups in total. The van der Waals surface area contributed by atoms with Crippen LogP contribution in [0.25, 0.3) is 0 Å². The molecule has 1 rings (SSSR count). The van der Waals surface area contributed by atoms with E-state index in [-0.39, 0.29) is 0 Å². The monoisotopic (exact) mass is 167 g/mol. The van der Waals surface area contributed by atoms with Gasteiger partial charge in [-0.1, -0.05) is 6.92 Å². The lowest BCUT2D eigenvalue weighted by atomic mass is 10.3. The number of hydrogen-bond donors (Lipinski definition) is 2. The molecule has 12 heavy (non-hydrogen) atoms. The maximum Gasteiger partial charge on any atom is 0.106 e. The Morgan fingerprint density at radius 2 is 2.42 bits per heavy atom. The normalized spacial score (nSPS) is 10.4. The molecular formula is C9H17N3. The van der Waals surface area contributed by atoms with Crippen LogP contribution in [0.5, 0.6) is 0 Å². The van der Waals surface area contributed by atoms with Crippen LogP contribution in [-0.4, -0.2) is 23.1 Å². The second-order valence-electron chi connectivity index (χ2n) is 2.89. The van der Waals surface area contributed by atoms with Gasteiger partial charge in [0.2, 0.25) is 0 Å². The summed E-state index contributed by atoms with van der Waals surface area (Å²) in [7, 11) is 0. The summed E-state index contributed by atoms with van der Waals surface area (Å²) in [5, 5.41) is 3.36. The molecule has 0 aliphatic heterocycles. The number of H-pyrrole nitrogens is 1. The van der Waals surface area contributed by atoms with E-state index in [1.165, 1.54) is 6.42 Å². The van der Waals surface area contributed by atoms with Gasteiger partial charge in [-0.05, 0) is 25.9 Å². The second kappa shape index (κ2) is 5.77. The Labute approximate surface area is 73.6 Å². The Kier molecular flexibility index (Phi) is 4.46. The molecule has 0 amide bonds. The summed E-state index contributed by atoms with van der Waals surface area (Å²) in [5.41, 5.74) is 0. The highest BCUT2D eigenvalue weighted by molar-refractivity contribution is 4.86. The molecule has 1 heterocycles. The molecule has 0 spiro atoms. The predicted octanol–water partition coefficient (Wildman–Crippen LogP) is 1.34. The third-order valence-corrected chi connectivity index (χ3v) is 1.75. The second-order valence-corrected chi connectivity index (χ2v) is 2.89. The molecule has 0 bridgehead atoms. The van der Waals surface area contributed by atoms with Crippen LogP contribution in [0.4, 0.5) is 0 Å². The van der Waals surface area contributed by atoms with Crippen molar-refractivity contribution in [3.8, 4) is 0 Å². The van der Waals surface area contributed by atoms with Crippen LogP contribution in [0.3, 0.4) is 0 Å². The molecule has 0 saturated heterocycles. The van der Waals surface area contributed by atoms with E-state index in [1.807, 2.05) is 6.20 Å². The van der Waals surface area contributed by atoms with E-state index in [2.05, 4.69) is 22.2 Å². The van der Waals surface area contributed by atoms with Gasteiger partial charge in [-0.2, -0.15) is 0 Å². The van der Waals surface area contributed by atoms with Gasteiger partial charge in [0.15, 0.2) is 0 Å². The topological polar surface area (TPSA) is 40.7 Å². The fourth-order valence-corrected chi connectivity index (χ4v) is 1.12. The van der Waals surface area contributed by atoms with E-state index in [0.29, 0.717) is 0 Å². The van der Waals surface area contributed by atoms with Crippen molar-refractivity contribution in [2.75, 3.05) is 13.1 Å².